The number of rotatable bonds is 6. The Kier molecular flexibility index (Phi) is 5.72. The van der Waals surface area contributed by atoms with Crippen LogP contribution in [0.25, 0.3) is 0 Å². The van der Waals surface area contributed by atoms with E-state index in [-0.39, 0.29) is 0 Å². The van der Waals surface area contributed by atoms with Gasteiger partial charge in [0.25, 0.3) is 0 Å². The van der Waals surface area contributed by atoms with E-state index in [2.05, 4.69) is 37.6 Å². The Hall–Kier alpha value is -1.95. The lowest BCUT2D eigenvalue weighted by Crippen LogP contribution is -2.46. The average Bonchev–Trinajstić information content (AvgIpc) is 3.27. The standard InChI is InChI=1S/C21H33N5O/c1-22-21(23-13-16-9-11-25(14-16)18-7-8-18)24-17-10-12-26(15-17)19-5-3-4-6-20(19)27-2/h3-6,16-18H,7-15H2,1-2H3,(H2,22,23,24). The molecular weight excluding hydrogens is 338 g/mol. The predicted molar refractivity (Wildman–Crippen MR) is 111 cm³/mol. The van der Waals surface area contributed by atoms with E-state index in [1.54, 1.807) is 7.11 Å². The van der Waals surface area contributed by atoms with Gasteiger partial charge < -0.3 is 25.2 Å². The van der Waals surface area contributed by atoms with Crippen molar-refractivity contribution in [3.8, 4) is 5.75 Å². The zero-order valence-electron chi connectivity index (χ0n) is 16.7. The fraction of sp³-hybridized carbons (Fsp3) is 0.667. The maximum atomic E-state index is 5.52. The topological polar surface area (TPSA) is 52.1 Å². The molecule has 1 saturated carbocycles. The Labute approximate surface area is 163 Å². The number of hydrogen-bond donors (Lipinski definition) is 2. The first kappa shape index (κ1) is 18.4. The highest BCUT2D eigenvalue weighted by Crippen LogP contribution is 2.32. The highest BCUT2D eigenvalue weighted by molar-refractivity contribution is 5.80. The number of para-hydroxylation sites is 2. The van der Waals surface area contributed by atoms with Crippen LogP contribution in [0.5, 0.6) is 5.75 Å². The molecule has 2 heterocycles. The van der Waals surface area contributed by atoms with Crippen LogP contribution in [0.15, 0.2) is 29.3 Å². The van der Waals surface area contributed by atoms with Crippen molar-refractivity contribution in [3.05, 3.63) is 24.3 Å². The first-order valence-electron chi connectivity index (χ1n) is 10.4. The minimum absolute atomic E-state index is 0.410. The van der Waals surface area contributed by atoms with Crippen LogP contribution in [-0.4, -0.2) is 69.8 Å². The number of benzene rings is 1. The highest BCUT2D eigenvalue weighted by Gasteiger charge is 2.34. The van der Waals surface area contributed by atoms with Crippen molar-refractivity contribution in [1.29, 1.82) is 0 Å². The van der Waals surface area contributed by atoms with E-state index in [0.29, 0.717) is 6.04 Å². The second-order valence-electron chi connectivity index (χ2n) is 8.08. The van der Waals surface area contributed by atoms with Crippen molar-refractivity contribution in [2.24, 2.45) is 10.9 Å². The number of nitrogens with one attached hydrogen (secondary N) is 2. The summed E-state index contributed by atoms with van der Waals surface area (Å²) < 4.78 is 5.52. The van der Waals surface area contributed by atoms with Gasteiger partial charge in [-0.3, -0.25) is 4.99 Å². The van der Waals surface area contributed by atoms with Gasteiger partial charge in [0.1, 0.15) is 5.75 Å². The molecule has 0 spiro atoms. The first-order chi connectivity index (χ1) is 13.3. The number of anilines is 1. The van der Waals surface area contributed by atoms with Crippen LogP contribution in [-0.2, 0) is 0 Å². The fourth-order valence-corrected chi connectivity index (χ4v) is 4.42. The van der Waals surface area contributed by atoms with Crippen LogP contribution in [0.2, 0.25) is 0 Å². The Morgan fingerprint density at radius 3 is 2.78 bits per heavy atom. The Morgan fingerprint density at radius 1 is 1.15 bits per heavy atom. The van der Waals surface area contributed by atoms with E-state index < -0.39 is 0 Å². The molecule has 1 aromatic carbocycles. The van der Waals surface area contributed by atoms with Gasteiger partial charge in [-0.1, -0.05) is 12.1 Å². The lowest BCUT2D eigenvalue weighted by Gasteiger charge is -2.22. The summed E-state index contributed by atoms with van der Waals surface area (Å²) in [6.07, 6.45) is 5.24. The van der Waals surface area contributed by atoms with Crippen LogP contribution < -0.4 is 20.3 Å². The van der Waals surface area contributed by atoms with Crippen LogP contribution in [0.3, 0.4) is 0 Å². The molecule has 2 aliphatic heterocycles. The monoisotopic (exact) mass is 371 g/mol. The van der Waals surface area contributed by atoms with Gasteiger partial charge in [-0.05, 0) is 50.3 Å². The molecule has 2 N–H and O–H groups in total. The lowest BCUT2D eigenvalue weighted by molar-refractivity contribution is 0.314. The second-order valence-corrected chi connectivity index (χ2v) is 8.08. The number of methoxy groups -OCH3 is 1. The molecule has 0 amide bonds. The summed E-state index contributed by atoms with van der Waals surface area (Å²) in [5, 5.41) is 7.18. The molecule has 27 heavy (non-hydrogen) atoms. The van der Waals surface area contributed by atoms with E-state index >= 15 is 0 Å². The summed E-state index contributed by atoms with van der Waals surface area (Å²) in [7, 11) is 3.61. The molecule has 0 bridgehead atoms. The molecule has 1 aromatic rings. The molecule has 1 aliphatic carbocycles. The van der Waals surface area contributed by atoms with Crippen LogP contribution >= 0.6 is 0 Å². The van der Waals surface area contributed by atoms with Crippen LogP contribution in [0, 0.1) is 5.92 Å². The number of hydrogen-bond acceptors (Lipinski definition) is 4. The van der Waals surface area contributed by atoms with Crippen LogP contribution in [0.4, 0.5) is 5.69 Å². The minimum atomic E-state index is 0.410. The summed E-state index contributed by atoms with van der Waals surface area (Å²) in [5.74, 6) is 2.63. The Morgan fingerprint density at radius 2 is 2.00 bits per heavy atom. The van der Waals surface area contributed by atoms with Crippen molar-refractivity contribution in [2.45, 2.75) is 37.8 Å². The molecule has 0 aromatic heterocycles. The minimum Gasteiger partial charge on any atom is -0.495 e. The summed E-state index contributed by atoms with van der Waals surface area (Å²) in [6.45, 7) is 5.55. The fourth-order valence-electron chi connectivity index (χ4n) is 4.42. The van der Waals surface area contributed by atoms with E-state index in [0.717, 1.165) is 49.7 Å². The summed E-state index contributed by atoms with van der Waals surface area (Å²) >= 11 is 0. The molecular formula is C21H33N5O. The van der Waals surface area contributed by atoms with Gasteiger partial charge in [-0.25, -0.2) is 0 Å². The number of guanidine groups is 1. The summed E-state index contributed by atoms with van der Waals surface area (Å²) in [6, 6.07) is 9.57. The zero-order chi connectivity index (χ0) is 18.6. The van der Waals surface area contributed by atoms with Gasteiger partial charge in [0.15, 0.2) is 5.96 Å². The van der Waals surface area contributed by atoms with E-state index in [4.69, 9.17) is 4.74 Å². The third-order valence-corrected chi connectivity index (χ3v) is 6.12. The van der Waals surface area contributed by atoms with Crippen molar-refractivity contribution in [1.82, 2.24) is 15.5 Å². The maximum absolute atomic E-state index is 5.52. The molecule has 0 radical (unpaired) electrons. The summed E-state index contributed by atoms with van der Waals surface area (Å²) in [5.41, 5.74) is 1.18. The molecule has 4 rings (SSSR count). The average molecular weight is 372 g/mol. The van der Waals surface area contributed by atoms with Gasteiger partial charge in [0.05, 0.1) is 12.8 Å². The molecule has 3 fully saturated rings. The van der Waals surface area contributed by atoms with E-state index in [1.807, 2.05) is 19.2 Å². The molecule has 6 nitrogen and oxygen atoms in total. The molecule has 2 atom stereocenters. The van der Waals surface area contributed by atoms with Crippen molar-refractivity contribution in [2.75, 3.05) is 51.8 Å². The zero-order valence-corrected chi connectivity index (χ0v) is 16.7. The van der Waals surface area contributed by atoms with Gasteiger partial charge in [0, 0.05) is 45.3 Å². The quantitative estimate of drug-likeness (QED) is 0.591. The van der Waals surface area contributed by atoms with Crippen molar-refractivity contribution >= 4 is 11.6 Å². The lowest BCUT2D eigenvalue weighted by atomic mass is 10.1. The van der Waals surface area contributed by atoms with Crippen molar-refractivity contribution < 1.29 is 4.74 Å². The van der Waals surface area contributed by atoms with Gasteiger partial charge in [0.2, 0.25) is 0 Å². The van der Waals surface area contributed by atoms with Crippen molar-refractivity contribution in [3.63, 3.8) is 0 Å². The second kappa shape index (κ2) is 8.38. The number of nitrogens with zero attached hydrogens (tertiary/aromatic N) is 3. The smallest absolute Gasteiger partial charge is 0.191 e. The molecule has 3 aliphatic rings. The molecule has 6 heteroatoms. The van der Waals surface area contributed by atoms with Gasteiger partial charge in [-0.15, -0.1) is 0 Å². The Balaban J connectivity index is 1.24. The highest BCUT2D eigenvalue weighted by atomic mass is 16.5. The first-order valence-corrected chi connectivity index (χ1v) is 10.4. The van der Waals surface area contributed by atoms with E-state index in [1.165, 1.54) is 38.0 Å². The largest absolute Gasteiger partial charge is 0.495 e. The SMILES string of the molecule is CN=C(NCC1CCN(C2CC2)C1)NC1CCN(c2ccccc2OC)C1. The third-order valence-electron chi connectivity index (χ3n) is 6.12. The molecule has 2 unspecified atom stereocenters. The number of likely N-dealkylation sites (tertiary alicyclic amines) is 1. The normalized spacial score (nSPS) is 26.4. The van der Waals surface area contributed by atoms with E-state index in [9.17, 15) is 0 Å². The van der Waals surface area contributed by atoms with Gasteiger partial charge in [-0.2, -0.15) is 0 Å². The third kappa shape index (κ3) is 4.49. The maximum Gasteiger partial charge on any atom is 0.191 e. The van der Waals surface area contributed by atoms with Crippen LogP contribution in [0.1, 0.15) is 25.7 Å². The molecule has 148 valence electrons. The Bertz CT molecular complexity index is 660. The summed E-state index contributed by atoms with van der Waals surface area (Å²) in [4.78, 5) is 9.52. The number of aliphatic imine (C=N–C) groups is 1. The molecule has 2 saturated heterocycles. The van der Waals surface area contributed by atoms with Gasteiger partial charge >= 0.3 is 0 Å². The predicted octanol–water partition coefficient (Wildman–Crippen LogP) is 1.92. The number of ether oxygens (including phenoxy) is 1.